The van der Waals surface area contributed by atoms with Crippen LogP contribution in [0.1, 0.15) is 11.1 Å². The minimum atomic E-state index is -4.09. The van der Waals surface area contributed by atoms with Gasteiger partial charge in [-0.25, -0.2) is 8.42 Å². The molecule has 0 bridgehead atoms. The number of nitro benzene ring substituents is 1. The third-order valence-electron chi connectivity index (χ3n) is 4.66. The molecule has 3 aromatic carbocycles. The van der Waals surface area contributed by atoms with Crippen LogP contribution in [0.5, 0.6) is 0 Å². The first-order valence-corrected chi connectivity index (χ1v) is 11.3. The average Bonchev–Trinajstić information content (AvgIpc) is 2.73. The minimum Gasteiger partial charge on any atom is -0.324 e. The Morgan fingerprint density at radius 2 is 1.75 bits per heavy atom. The number of halogens is 1. The highest BCUT2D eigenvalue weighted by molar-refractivity contribution is 7.92. The van der Waals surface area contributed by atoms with Gasteiger partial charge in [-0.15, -0.1) is 0 Å². The van der Waals surface area contributed by atoms with Crippen molar-refractivity contribution in [3.8, 4) is 0 Å². The van der Waals surface area contributed by atoms with Crippen molar-refractivity contribution in [1.82, 2.24) is 0 Å². The van der Waals surface area contributed by atoms with E-state index < -0.39 is 27.4 Å². The molecule has 0 atom stereocenters. The summed E-state index contributed by atoms with van der Waals surface area (Å²) in [5, 5.41) is 13.9. The fourth-order valence-corrected chi connectivity index (χ4v) is 4.78. The number of rotatable bonds is 7. The minimum absolute atomic E-state index is 0.0283. The maximum atomic E-state index is 13.4. The van der Waals surface area contributed by atoms with Crippen molar-refractivity contribution < 1.29 is 18.1 Å². The Bertz CT molecular complexity index is 1280. The van der Waals surface area contributed by atoms with Crippen LogP contribution in [-0.4, -0.2) is 25.8 Å². The van der Waals surface area contributed by atoms with E-state index in [9.17, 15) is 23.3 Å². The predicted octanol–water partition coefficient (Wildman–Crippen LogP) is 4.70. The number of amides is 1. The van der Waals surface area contributed by atoms with Crippen LogP contribution in [0, 0.1) is 24.0 Å². The van der Waals surface area contributed by atoms with E-state index in [0.29, 0.717) is 16.3 Å². The second-order valence-corrected chi connectivity index (χ2v) is 9.41. The molecular weight excluding hydrogens is 454 g/mol. The Kier molecular flexibility index (Phi) is 6.81. The van der Waals surface area contributed by atoms with Crippen LogP contribution in [0.15, 0.2) is 71.6 Å². The Morgan fingerprint density at radius 3 is 2.38 bits per heavy atom. The molecular formula is C22H20ClN3O5S. The molecule has 1 N–H and O–H groups in total. The molecule has 0 aliphatic heterocycles. The van der Waals surface area contributed by atoms with Gasteiger partial charge in [0.2, 0.25) is 5.91 Å². The number of carbonyl (C=O) groups is 1. The van der Waals surface area contributed by atoms with Crippen LogP contribution >= 0.6 is 11.6 Å². The summed E-state index contributed by atoms with van der Waals surface area (Å²) < 4.78 is 27.9. The van der Waals surface area contributed by atoms with Gasteiger partial charge in [0.1, 0.15) is 6.54 Å². The van der Waals surface area contributed by atoms with E-state index in [1.165, 1.54) is 42.5 Å². The van der Waals surface area contributed by atoms with E-state index in [-0.39, 0.29) is 16.3 Å². The van der Waals surface area contributed by atoms with Gasteiger partial charge in [-0.1, -0.05) is 35.4 Å². The molecule has 0 aliphatic carbocycles. The van der Waals surface area contributed by atoms with Gasteiger partial charge < -0.3 is 5.32 Å². The number of anilines is 2. The normalized spacial score (nSPS) is 11.1. The third-order valence-corrected chi connectivity index (χ3v) is 6.67. The van der Waals surface area contributed by atoms with E-state index in [1.54, 1.807) is 31.2 Å². The molecule has 0 fully saturated rings. The number of hydrogen-bond donors (Lipinski definition) is 1. The molecule has 0 aliphatic rings. The second kappa shape index (κ2) is 9.37. The lowest BCUT2D eigenvalue weighted by Crippen LogP contribution is -2.38. The molecule has 1 amide bonds. The highest BCUT2D eigenvalue weighted by atomic mass is 35.5. The highest BCUT2D eigenvalue weighted by Crippen LogP contribution is 2.29. The lowest BCUT2D eigenvalue weighted by Gasteiger charge is -2.25. The second-order valence-electron chi connectivity index (χ2n) is 7.11. The smallest absolute Gasteiger partial charge is 0.271 e. The number of hydrogen-bond acceptors (Lipinski definition) is 5. The fourth-order valence-electron chi connectivity index (χ4n) is 3.06. The van der Waals surface area contributed by atoms with E-state index in [4.69, 9.17) is 11.6 Å². The van der Waals surface area contributed by atoms with Crippen LogP contribution < -0.4 is 9.62 Å². The van der Waals surface area contributed by atoms with Gasteiger partial charge in [0.05, 0.1) is 15.5 Å². The monoisotopic (exact) mass is 473 g/mol. The molecule has 32 heavy (non-hydrogen) atoms. The van der Waals surface area contributed by atoms with Crippen LogP contribution in [0.3, 0.4) is 0 Å². The van der Waals surface area contributed by atoms with E-state index >= 15 is 0 Å². The number of nitrogens with one attached hydrogen (secondary N) is 1. The van der Waals surface area contributed by atoms with Gasteiger partial charge in [-0.05, 0) is 55.8 Å². The summed E-state index contributed by atoms with van der Waals surface area (Å²) in [4.78, 5) is 23.2. The Labute approximate surface area is 190 Å². The molecule has 8 nitrogen and oxygen atoms in total. The number of benzene rings is 3. The molecule has 0 saturated heterocycles. The van der Waals surface area contributed by atoms with Crippen molar-refractivity contribution in [3.05, 3.63) is 93.0 Å². The van der Waals surface area contributed by atoms with E-state index in [0.717, 1.165) is 9.87 Å². The fraction of sp³-hybridized carbons (Fsp3) is 0.136. The first-order valence-electron chi connectivity index (χ1n) is 9.48. The summed E-state index contributed by atoms with van der Waals surface area (Å²) in [7, 11) is -4.09. The van der Waals surface area contributed by atoms with Crippen LogP contribution in [-0.2, 0) is 14.8 Å². The zero-order valence-corrected chi connectivity index (χ0v) is 18.9. The highest BCUT2D eigenvalue weighted by Gasteiger charge is 2.28. The molecule has 0 radical (unpaired) electrons. The van der Waals surface area contributed by atoms with Crippen LogP contribution in [0.4, 0.5) is 17.1 Å². The van der Waals surface area contributed by atoms with Gasteiger partial charge in [-0.2, -0.15) is 0 Å². The van der Waals surface area contributed by atoms with Crippen molar-refractivity contribution in [2.24, 2.45) is 0 Å². The summed E-state index contributed by atoms with van der Waals surface area (Å²) in [5.74, 6) is -0.657. The van der Waals surface area contributed by atoms with Gasteiger partial charge in [0.15, 0.2) is 0 Å². The Hall–Kier alpha value is -3.43. The van der Waals surface area contributed by atoms with Crippen molar-refractivity contribution >= 4 is 44.6 Å². The summed E-state index contributed by atoms with van der Waals surface area (Å²) in [6.45, 7) is 2.99. The first-order chi connectivity index (χ1) is 15.1. The lowest BCUT2D eigenvalue weighted by molar-refractivity contribution is -0.384. The van der Waals surface area contributed by atoms with Crippen molar-refractivity contribution in [2.45, 2.75) is 18.7 Å². The summed E-state index contributed by atoms with van der Waals surface area (Å²) in [5.41, 5.74) is 1.74. The molecule has 10 heteroatoms. The zero-order valence-electron chi connectivity index (χ0n) is 17.3. The van der Waals surface area contributed by atoms with Crippen molar-refractivity contribution in [1.29, 1.82) is 0 Å². The number of sulfonamides is 1. The number of carbonyl (C=O) groups excluding carboxylic acids is 1. The van der Waals surface area contributed by atoms with Gasteiger partial charge >= 0.3 is 0 Å². The summed E-state index contributed by atoms with van der Waals surface area (Å²) >= 11 is 6.02. The standard InChI is InChI=1S/C22H20ClN3O5S/c1-15-6-9-20(10-7-15)32(30,31)25(21-11-8-17(23)12-16(21)2)14-22(27)24-18-4-3-5-19(13-18)26(28)29/h3-13H,14H2,1-2H3,(H,24,27). The Morgan fingerprint density at radius 1 is 1.06 bits per heavy atom. The van der Waals surface area contributed by atoms with E-state index in [2.05, 4.69) is 5.32 Å². The number of nitrogens with zero attached hydrogens (tertiary/aromatic N) is 2. The van der Waals surface area contributed by atoms with Crippen molar-refractivity contribution in [2.75, 3.05) is 16.2 Å². The number of aryl methyl sites for hydroxylation is 2. The summed E-state index contributed by atoms with van der Waals surface area (Å²) in [6, 6.07) is 16.4. The van der Waals surface area contributed by atoms with Gasteiger partial charge in [0, 0.05) is 22.8 Å². The first kappa shape index (κ1) is 23.2. The topological polar surface area (TPSA) is 110 Å². The molecule has 0 spiro atoms. The maximum absolute atomic E-state index is 13.4. The largest absolute Gasteiger partial charge is 0.324 e. The Balaban J connectivity index is 1.97. The molecule has 166 valence electrons. The third kappa shape index (κ3) is 5.24. The quantitative estimate of drug-likeness (QED) is 0.395. The van der Waals surface area contributed by atoms with Crippen molar-refractivity contribution in [3.63, 3.8) is 0 Å². The average molecular weight is 474 g/mol. The van der Waals surface area contributed by atoms with Gasteiger partial charge in [-0.3, -0.25) is 19.2 Å². The van der Waals surface area contributed by atoms with E-state index in [1.807, 2.05) is 6.92 Å². The molecule has 0 aromatic heterocycles. The maximum Gasteiger partial charge on any atom is 0.271 e. The SMILES string of the molecule is Cc1ccc(S(=O)(=O)N(CC(=O)Nc2cccc([N+](=O)[O-])c2)c2ccc(Cl)cc2C)cc1. The molecule has 3 aromatic rings. The summed E-state index contributed by atoms with van der Waals surface area (Å²) in [6.07, 6.45) is 0. The van der Waals surface area contributed by atoms with Crippen LogP contribution in [0.2, 0.25) is 5.02 Å². The number of nitro groups is 1. The zero-order chi connectivity index (χ0) is 23.5. The molecule has 0 unspecified atom stereocenters. The van der Waals surface area contributed by atoms with Crippen LogP contribution in [0.25, 0.3) is 0 Å². The lowest BCUT2D eigenvalue weighted by atomic mass is 10.2. The molecule has 0 saturated carbocycles. The molecule has 3 rings (SSSR count). The predicted molar refractivity (Wildman–Crippen MR) is 124 cm³/mol. The number of non-ortho nitro benzene ring substituents is 1. The molecule has 0 heterocycles. The van der Waals surface area contributed by atoms with Gasteiger partial charge in [0.25, 0.3) is 15.7 Å².